The van der Waals surface area contributed by atoms with Crippen LogP contribution in [0.25, 0.3) is 0 Å². The average molecular weight is 312 g/mol. The summed E-state index contributed by atoms with van der Waals surface area (Å²) in [5, 5.41) is 6.81. The van der Waals surface area contributed by atoms with Crippen molar-refractivity contribution in [1.82, 2.24) is 10.3 Å². The molecule has 1 aromatic rings. The molecule has 0 spiro atoms. The molecule has 1 fully saturated rings. The van der Waals surface area contributed by atoms with Gasteiger partial charge in [0.1, 0.15) is 10.8 Å². The SMILES string of the molecule is CC(C)(C)OC(=O)NC1CCC(Nc2ccc(Cl)nc2)C1. The molecule has 0 aliphatic heterocycles. The minimum Gasteiger partial charge on any atom is -0.444 e. The minimum absolute atomic E-state index is 0.151. The summed E-state index contributed by atoms with van der Waals surface area (Å²) in [6.07, 6.45) is 4.20. The average Bonchev–Trinajstić information content (AvgIpc) is 2.77. The van der Waals surface area contributed by atoms with Gasteiger partial charge < -0.3 is 15.4 Å². The fourth-order valence-electron chi connectivity index (χ4n) is 2.41. The summed E-state index contributed by atoms with van der Waals surface area (Å²) < 4.78 is 5.27. The van der Waals surface area contributed by atoms with E-state index in [0.717, 1.165) is 24.9 Å². The van der Waals surface area contributed by atoms with Crippen LogP contribution in [-0.4, -0.2) is 28.8 Å². The van der Waals surface area contributed by atoms with E-state index in [4.69, 9.17) is 16.3 Å². The Balaban J connectivity index is 1.78. The van der Waals surface area contributed by atoms with E-state index in [9.17, 15) is 4.79 Å². The van der Waals surface area contributed by atoms with Crippen molar-refractivity contribution in [3.05, 3.63) is 23.5 Å². The van der Waals surface area contributed by atoms with E-state index in [0.29, 0.717) is 11.2 Å². The number of rotatable bonds is 3. The number of amides is 1. The van der Waals surface area contributed by atoms with Crippen molar-refractivity contribution in [2.45, 2.75) is 57.7 Å². The maximum Gasteiger partial charge on any atom is 0.407 e. The number of anilines is 1. The predicted molar refractivity (Wildman–Crippen MR) is 83.7 cm³/mol. The Labute approximate surface area is 130 Å². The Kier molecular flexibility index (Phi) is 4.93. The molecule has 1 aromatic heterocycles. The second-order valence-corrected chi connectivity index (χ2v) is 6.75. The molecule has 6 heteroatoms. The second-order valence-electron chi connectivity index (χ2n) is 6.37. The molecule has 5 nitrogen and oxygen atoms in total. The summed E-state index contributed by atoms with van der Waals surface area (Å²) in [7, 11) is 0. The van der Waals surface area contributed by atoms with Gasteiger partial charge in [0.05, 0.1) is 11.9 Å². The van der Waals surface area contributed by atoms with Gasteiger partial charge in [-0.3, -0.25) is 0 Å². The fraction of sp³-hybridized carbons (Fsp3) is 0.600. The zero-order chi connectivity index (χ0) is 15.5. The van der Waals surface area contributed by atoms with E-state index in [1.165, 1.54) is 0 Å². The first-order chi connectivity index (χ1) is 9.82. The zero-order valence-electron chi connectivity index (χ0n) is 12.6. The third-order valence-corrected chi connectivity index (χ3v) is 3.48. The van der Waals surface area contributed by atoms with Gasteiger partial charge in [-0.15, -0.1) is 0 Å². The van der Waals surface area contributed by atoms with Gasteiger partial charge in [0.15, 0.2) is 0 Å². The summed E-state index contributed by atoms with van der Waals surface area (Å²) in [6, 6.07) is 4.14. The first kappa shape index (κ1) is 15.9. The van der Waals surface area contributed by atoms with E-state index < -0.39 is 5.60 Å². The molecule has 0 radical (unpaired) electrons. The van der Waals surface area contributed by atoms with Gasteiger partial charge in [-0.2, -0.15) is 0 Å². The van der Waals surface area contributed by atoms with E-state index in [1.807, 2.05) is 26.8 Å². The van der Waals surface area contributed by atoms with Crippen molar-refractivity contribution in [1.29, 1.82) is 0 Å². The summed E-state index contributed by atoms with van der Waals surface area (Å²) >= 11 is 5.76. The molecule has 2 unspecified atom stereocenters. The third kappa shape index (κ3) is 5.42. The van der Waals surface area contributed by atoms with Gasteiger partial charge >= 0.3 is 6.09 Å². The Morgan fingerprint density at radius 2 is 2.05 bits per heavy atom. The van der Waals surface area contributed by atoms with Crippen LogP contribution in [-0.2, 0) is 4.74 Å². The maximum atomic E-state index is 11.7. The molecular formula is C15H22ClN3O2. The molecule has 1 aliphatic carbocycles. The first-order valence-electron chi connectivity index (χ1n) is 7.19. The van der Waals surface area contributed by atoms with E-state index >= 15 is 0 Å². The number of aromatic nitrogens is 1. The molecule has 1 saturated carbocycles. The van der Waals surface area contributed by atoms with Crippen molar-refractivity contribution in [3.8, 4) is 0 Å². The van der Waals surface area contributed by atoms with Crippen LogP contribution in [0.2, 0.25) is 5.15 Å². The summed E-state index contributed by atoms with van der Waals surface area (Å²) in [4.78, 5) is 15.8. The standard InChI is InChI=1S/C15H22ClN3O2/c1-15(2,3)21-14(20)19-11-5-4-10(8-11)18-12-6-7-13(16)17-9-12/h6-7,9-11,18H,4-5,8H2,1-3H3,(H,19,20). The first-order valence-corrected chi connectivity index (χ1v) is 7.57. The van der Waals surface area contributed by atoms with Crippen molar-refractivity contribution in [2.75, 3.05) is 5.32 Å². The lowest BCUT2D eigenvalue weighted by Gasteiger charge is -2.22. The highest BCUT2D eigenvalue weighted by Gasteiger charge is 2.27. The van der Waals surface area contributed by atoms with Crippen LogP contribution in [0.5, 0.6) is 0 Å². The Morgan fingerprint density at radius 1 is 1.33 bits per heavy atom. The molecule has 0 aromatic carbocycles. The fourth-order valence-corrected chi connectivity index (χ4v) is 2.53. The smallest absolute Gasteiger partial charge is 0.407 e. The van der Waals surface area contributed by atoms with Gasteiger partial charge in [0.25, 0.3) is 0 Å². The number of carbonyl (C=O) groups is 1. The molecule has 2 rings (SSSR count). The molecule has 1 amide bonds. The number of alkyl carbamates (subject to hydrolysis) is 1. The number of nitrogens with one attached hydrogen (secondary N) is 2. The van der Waals surface area contributed by atoms with Gasteiger partial charge in [-0.25, -0.2) is 9.78 Å². The number of carbonyl (C=O) groups excluding carboxylic acids is 1. The number of nitrogens with zero attached hydrogens (tertiary/aromatic N) is 1. The second kappa shape index (κ2) is 6.52. The van der Waals surface area contributed by atoms with Crippen LogP contribution in [0.3, 0.4) is 0 Å². The topological polar surface area (TPSA) is 63.2 Å². The van der Waals surface area contributed by atoms with E-state index in [-0.39, 0.29) is 12.1 Å². The van der Waals surface area contributed by atoms with Crippen molar-refractivity contribution in [2.24, 2.45) is 0 Å². The van der Waals surface area contributed by atoms with Gasteiger partial charge in [-0.05, 0) is 52.2 Å². The maximum absolute atomic E-state index is 11.7. The molecule has 0 saturated heterocycles. The number of halogens is 1. The summed E-state index contributed by atoms with van der Waals surface area (Å²) in [6.45, 7) is 5.58. The van der Waals surface area contributed by atoms with Gasteiger partial charge in [0.2, 0.25) is 0 Å². The van der Waals surface area contributed by atoms with Gasteiger partial charge in [-0.1, -0.05) is 11.6 Å². The summed E-state index contributed by atoms with van der Waals surface area (Å²) in [5.74, 6) is 0. The number of pyridine rings is 1. The summed E-state index contributed by atoms with van der Waals surface area (Å²) in [5.41, 5.74) is 0.484. The monoisotopic (exact) mass is 311 g/mol. The van der Waals surface area contributed by atoms with Crippen LogP contribution in [0.15, 0.2) is 18.3 Å². The van der Waals surface area contributed by atoms with Gasteiger partial charge in [0, 0.05) is 12.1 Å². The molecular weight excluding hydrogens is 290 g/mol. The quantitative estimate of drug-likeness (QED) is 0.837. The Morgan fingerprint density at radius 3 is 2.67 bits per heavy atom. The molecule has 2 atom stereocenters. The zero-order valence-corrected chi connectivity index (χ0v) is 13.4. The largest absolute Gasteiger partial charge is 0.444 e. The van der Waals surface area contributed by atoms with Crippen molar-refractivity contribution < 1.29 is 9.53 Å². The van der Waals surface area contributed by atoms with Crippen LogP contribution in [0.4, 0.5) is 10.5 Å². The van der Waals surface area contributed by atoms with Crippen molar-refractivity contribution in [3.63, 3.8) is 0 Å². The Hall–Kier alpha value is -1.49. The molecule has 2 N–H and O–H groups in total. The number of hydrogen-bond acceptors (Lipinski definition) is 4. The van der Waals surface area contributed by atoms with E-state index in [2.05, 4.69) is 15.6 Å². The molecule has 21 heavy (non-hydrogen) atoms. The lowest BCUT2D eigenvalue weighted by molar-refractivity contribution is 0.0505. The molecule has 0 bridgehead atoms. The van der Waals surface area contributed by atoms with Crippen LogP contribution in [0.1, 0.15) is 40.0 Å². The third-order valence-electron chi connectivity index (χ3n) is 3.25. The van der Waals surface area contributed by atoms with Crippen LogP contribution >= 0.6 is 11.6 Å². The molecule has 1 aliphatic rings. The normalized spacial score (nSPS) is 21.9. The number of hydrogen-bond donors (Lipinski definition) is 2. The number of ether oxygens (including phenoxy) is 1. The molecule has 1 heterocycles. The minimum atomic E-state index is -0.463. The highest BCUT2D eigenvalue weighted by molar-refractivity contribution is 6.29. The predicted octanol–water partition coefficient (Wildman–Crippen LogP) is 3.59. The van der Waals surface area contributed by atoms with Crippen LogP contribution < -0.4 is 10.6 Å². The highest BCUT2D eigenvalue weighted by Crippen LogP contribution is 2.23. The lowest BCUT2D eigenvalue weighted by atomic mass is 10.2. The van der Waals surface area contributed by atoms with Crippen LogP contribution in [0, 0.1) is 0 Å². The lowest BCUT2D eigenvalue weighted by Crippen LogP contribution is -2.38. The van der Waals surface area contributed by atoms with E-state index in [1.54, 1.807) is 12.3 Å². The Bertz CT molecular complexity index is 485. The van der Waals surface area contributed by atoms with Crippen molar-refractivity contribution >= 4 is 23.4 Å². The molecule has 116 valence electrons. The highest BCUT2D eigenvalue weighted by atomic mass is 35.5.